The average Bonchev–Trinajstić information content (AvgIpc) is 2.47. The van der Waals surface area contributed by atoms with Crippen molar-refractivity contribution in [1.29, 1.82) is 0 Å². The molecule has 0 bridgehead atoms. The first-order chi connectivity index (χ1) is 5.77. The molecule has 0 fully saturated rings. The highest BCUT2D eigenvalue weighted by Crippen LogP contribution is 2.23. The van der Waals surface area contributed by atoms with Crippen LogP contribution in [0.2, 0.25) is 0 Å². The molecule has 0 aromatic carbocycles. The van der Waals surface area contributed by atoms with Crippen molar-refractivity contribution in [2.75, 3.05) is 0 Å². The third-order valence-corrected chi connectivity index (χ3v) is 2.13. The van der Waals surface area contributed by atoms with Crippen molar-refractivity contribution in [2.24, 2.45) is 5.16 Å². The van der Waals surface area contributed by atoms with E-state index in [2.05, 4.69) is 12.1 Å². The number of nitrogens with zero attached hydrogens (tertiary/aromatic N) is 1. The standard InChI is InChI=1S/C9H17NO2/c1-2-3-4-5-6-9(11)7-8-10-12-9/h8,11H,2-7H2,1H3. The van der Waals surface area contributed by atoms with Gasteiger partial charge in [0.15, 0.2) is 0 Å². The fraction of sp³-hybridized carbons (Fsp3) is 0.889. The van der Waals surface area contributed by atoms with Crippen LogP contribution in [-0.2, 0) is 4.84 Å². The molecule has 3 heteroatoms. The second kappa shape index (κ2) is 4.45. The minimum atomic E-state index is -0.978. The molecule has 70 valence electrons. The number of oxime groups is 1. The molecule has 0 aromatic heterocycles. The second-order valence-corrected chi connectivity index (χ2v) is 3.34. The van der Waals surface area contributed by atoms with Gasteiger partial charge in [0.1, 0.15) is 0 Å². The smallest absolute Gasteiger partial charge is 0.239 e. The van der Waals surface area contributed by atoms with Crippen molar-refractivity contribution < 1.29 is 9.94 Å². The molecule has 1 atom stereocenters. The highest BCUT2D eigenvalue weighted by molar-refractivity contribution is 5.59. The van der Waals surface area contributed by atoms with Crippen LogP contribution < -0.4 is 0 Å². The Labute approximate surface area is 73.4 Å². The lowest BCUT2D eigenvalue weighted by Crippen LogP contribution is -2.26. The van der Waals surface area contributed by atoms with Crippen molar-refractivity contribution in [2.45, 2.75) is 51.2 Å². The molecule has 3 nitrogen and oxygen atoms in total. The zero-order chi connectivity index (χ0) is 8.86. The molecule has 0 aliphatic carbocycles. The molecule has 0 saturated carbocycles. The Hall–Kier alpha value is -0.570. The van der Waals surface area contributed by atoms with Gasteiger partial charge in [-0.05, 0) is 6.42 Å². The van der Waals surface area contributed by atoms with Gasteiger partial charge in [-0.1, -0.05) is 31.3 Å². The first kappa shape index (κ1) is 9.52. The fourth-order valence-corrected chi connectivity index (χ4v) is 1.33. The molecule has 1 unspecified atom stereocenters. The Kier molecular flexibility index (Phi) is 3.53. The number of hydrogen-bond acceptors (Lipinski definition) is 3. The van der Waals surface area contributed by atoms with E-state index in [9.17, 15) is 5.11 Å². The summed E-state index contributed by atoms with van der Waals surface area (Å²) in [5.41, 5.74) is 0. The zero-order valence-corrected chi connectivity index (χ0v) is 7.62. The number of hydrogen-bond donors (Lipinski definition) is 1. The number of unbranched alkanes of at least 4 members (excludes halogenated alkanes) is 3. The minimum absolute atomic E-state index is 0.541. The molecule has 1 heterocycles. The van der Waals surface area contributed by atoms with Crippen LogP contribution in [0.5, 0.6) is 0 Å². The summed E-state index contributed by atoms with van der Waals surface area (Å²) in [7, 11) is 0. The van der Waals surface area contributed by atoms with Gasteiger partial charge in [0.25, 0.3) is 0 Å². The topological polar surface area (TPSA) is 41.8 Å². The van der Waals surface area contributed by atoms with Crippen LogP contribution in [0, 0.1) is 0 Å². The average molecular weight is 171 g/mol. The summed E-state index contributed by atoms with van der Waals surface area (Å²) >= 11 is 0. The maximum Gasteiger partial charge on any atom is 0.239 e. The molecule has 12 heavy (non-hydrogen) atoms. The van der Waals surface area contributed by atoms with Gasteiger partial charge >= 0.3 is 0 Å². The van der Waals surface area contributed by atoms with Gasteiger partial charge < -0.3 is 9.94 Å². The predicted molar refractivity (Wildman–Crippen MR) is 47.9 cm³/mol. The van der Waals surface area contributed by atoms with E-state index in [0.29, 0.717) is 12.8 Å². The van der Waals surface area contributed by atoms with E-state index in [1.807, 2.05) is 0 Å². The lowest BCUT2D eigenvalue weighted by Gasteiger charge is -2.18. The molecular formula is C9H17NO2. The quantitative estimate of drug-likeness (QED) is 0.643. The molecule has 1 N–H and O–H groups in total. The first-order valence-corrected chi connectivity index (χ1v) is 4.69. The maximum atomic E-state index is 9.64. The zero-order valence-electron chi connectivity index (χ0n) is 7.62. The molecule has 0 radical (unpaired) electrons. The highest BCUT2D eigenvalue weighted by atomic mass is 16.7. The summed E-state index contributed by atoms with van der Waals surface area (Å²) in [6, 6.07) is 0. The van der Waals surface area contributed by atoms with Crippen LogP contribution in [0.15, 0.2) is 5.16 Å². The van der Waals surface area contributed by atoms with Crippen LogP contribution >= 0.6 is 0 Å². The SMILES string of the molecule is CCCCCCC1(O)CC=NO1. The predicted octanol–water partition coefficient (Wildman–Crippen LogP) is 2.05. The summed E-state index contributed by atoms with van der Waals surface area (Å²) in [5.74, 6) is -0.978. The van der Waals surface area contributed by atoms with Gasteiger partial charge in [0.2, 0.25) is 5.79 Å². The van der Waals surface area contributed by atoms with Gasteiger partial charge in [0, 0.05) is 6.42 Å². The van der Waals surface area contributed by atoms with E-state index in [-0.39, 0.29) is 0 Å². The summed E-state index contributed by atoms with van der Waals surface area (Å²) in [4.78, 5) is 4.85. The lowest BCUT2D eigenvalue weighted by atomic mass is 10.0. The highest BCUT2D eigenvalue weighted by Gasteiger charge is 2.30. The molecular weight excluding hydrogens is 154 g/mol. The third-order valence-electron chi connectivity index (χ3n) is 2.13. The Bertz CT molecular complexity index is 149. The lowest BCUT2D eigenvalue weighted by molar-refractivity contribution is -0.189. The summed E-state index contributed by atoms with van der Waals surface area (Å²) in [6.07, 6.45) is 7.51. The van der Waals surface area contributed by atoms with Crippen molar-refractivity contribution in [1.82, 2.24) is 0 Å². The Morgan fingerprint density at radius 3 is 2.92 bits per heavy atom. The maximum absolute atomic E-state index is 9.64. The van der Waals surface area contributed by atoms with Crippen molar-refractivity contribution >= 4 is 6.21 Å². The van der Waals surface area contributed by atoms with E-state index in [4.69, 9.17) is 4.84 Å². The monoisotopic (exact) mass is 171 g/mol. The fourth-order valence-electron chi connectivity index (χ4n) is 1.33. The van der Waals surface area contributed by atoms with Crippen LogP contribution in [0.4, 0.5) is 0 Å². The number of aliphatic hydroxyl groups is 1. The Balaban J connectivity index is 2.06. The van der Waals surface area contributed by atoms with E-state index >= 15 is 0 Å². The van der Waals surface area contributed by atoms with Crippen molar-refractivity contribution in [3.8, 4) is 0 Å². The molecule has 0 aromatic rings. The summed E-state index contributed by atoms with van der Waals surface area (Å²) in [5, 5.41) is 13.2. The van der Waals surface area contributed by atoms with Gasteiger partial charge in [-0.3, -0.25) is 0 Å². The number of rotatable bonds is 5. The van der Waals surface area contributed by atoms with Crippen LogP contribution in [0.1, 0.15) is 45.4 Å². The van der Waals surface area contributed by atoms with Crippen LogP contribution in [-0.4, -0.2) is 17.1 Å². The Morgan fingerprint density at radius 2 is 2.33 bits per heavy atom. The summed E-state index contributed by atoms with van der Waals surface area (Å²) in [6.45, 7) is 2.17. The van der Waals surface area contributed by atoms with E-state index < -0.39 is 5.79 Å². The summed E-state index contributed by atoms with van der Waals surface area (Å²) < 4.78 is 0. The van der Waals surface area contributed by atoms with Crippen LogP contribution in [0.3, 0.4) is 0 Å². The largest absolute Gasteiger partial charge is 0.360 e. The van der Waals surface area contributed by atoms with E-state index in [1.165, 1.54) is 19.3 Å². The molecule has 1 rings (SSSR count). The minimum Gasteiger partial charge on any atom is -0.360 e. The Morgan fingerprint density at radius 1 is 1.50 bits per heavy atom. The molecule has 1 aliphatic rings. The van der Waals surface area contributed by atoms with Gasteiger partial charge in [-0.15, -0.1) is 0 Å². The van der Waals surface area contributed by atoms with Gasteiger partial charge in [-0.25, -0.2) is 0 Å². The normalized spacial score (nSPS) is 27.5. The van der Waals surface area contributed by atoms with Crippen molar-refractivity contribution in [3.63, 3.8) is 0 Å². The molecule has 0 saturated heterocycles. The van der Waals surface area contributed by atoms with E-state index in [1.54, 1.807) is 6.21 Å². The van der Waals surface area contributed by atoms with Crippen LogP contribution in [0.25, 0.3) is 0 Å². The van der Waals surface area contributed by atoms with E-state index in [0.717, 1.165) is 6.42 Å². The molecule has 0 amide bonds. The second-order valence-electron chi connectivity index (χ2n) is 3.34. The van der Waals surface area contributed by atoms with Gasteiger partial charge in [0.05, 0.1) is 12.6 Å². The molecule has 0 spiro atoms. The van der Waals surface area contributed by atoms with Gasteiger partial charge in [-0.2, -0.15) is 0 Å². The molecule has 1 aliphatic heterocycles. The van der Waals surface area contributed by atoms with Crippen molar-refractivity contribution in [3.05, 3.63) is 0 Å². The third kappa shape index (κ3) is 2.81. The first-order valence-electron chi connectivity index (χ1n) is 4.69.